The molecule has 0 unspecified atom stereocenters. The van der Waals surface area contributed by atoms with E-state index in [4.69, 9.17) is 11.6 Å². The fraction of sp³-hybridized carbons (Fsp3) is 0. The summed E-state index contributed by atoms with van der Waals surface area (Å²) in [6.07, 6.45) is 5.43. The molecule has 0 radical (unpaired) electrons. The Hall–Kier alpha value is -2.72. The summed E-state index contributed by atoms with van der Waals surface area (Å²) in [5.74, 6) is 0.435. The molecule has 0 atom stereocenters. The summed E-state index contributed by atoms with van der Waals surface area (Å²) in [6, 6.07) is 17.5. The van der Waals surface area contributed by atoms with E-state index in [0.29, 0.717) is 11.0 Å². The number of hydrogen-bond acceptors (Lipinski definition) is 4. The van der Waals surface area contributed by atoms with Gasteiger partial charge < -0.3 is 0 Å². The van der Waals surface area contributed by atoms with E-state index in [2.05, 4.69) is 20.5 Å². The zero-order valence-corrected chi connectivity index (χ0v) is 12.4. The maximum absolute atomic E-state index is 6.08. The van der Waals surface area contributed by atoms with Crippen molar-refractivity contribution < 1.29 is 0 Å². The molecule has 2 aromatic carbocycles. The predicted molar refractivity (Wildman–Crippen MR) is 92.1 cm³/mol. The number of para-hydroxylation sites is 2. The van der Waals surface area contributed by atoms with Crippen molar-refractivity contribution in [2.24, 2.45) is 5.10 Å². The number of fused-ring (bicyclic) bond motifs is 1. The van der Waals surface area contributed by atoms with Gasteiger partial charge in [0.05, 0.1) is 11.0 Å². The van der Waals surface area contributed by atoms with Gasteiger partial charge >= 0.3 is 0 Å². The quantitative estimate of drug-likeness (QED) is 0.574. The van der Waals surface area contributed by atoms with E-state index in [1.54, 1.807) is 6.21 Å². The van der Waals surface area contributed by atoms with Crippen LogP contribution in [-0.2, 0) is 0 Å². The minimum Gasteiger partial charge on any atom is -0.259 e. The number of anilines is 1. The van der Waals surface area contributed by atoms with Crippen LogP contribution in [0.3, 0.4) is 0 Å². The van der Waals surface area contributed by atoms with Crippen molar-refractivity contribution >= 4 is 40.7 Å². The molecule has 0 spiro atoms. The largest absolute Gasteiger partial charge is 0.259 e. The van der Waals surface area contributed by atoms with Crippen LogP contribution in [0, 0.1) is 0 Å². The molecule has 1 aromatic heterocycles. The first-order valence-electron chi connectivity index (χ1n) is 6.76. The smallest absolute Gasteiger partial charge is 0.185 e. The average Bonchev–Trinajstić information content (AvgIpc) is 2.56. The lowest BCUT2D eigenvalue weighted by molar-refractivity contribution is 1.22. The number of hydrogen-bond donors (Lipinski definition) is 1. The van der Waals surface area contributed by atoms with Crippen molar-refractivity contribution in [1.82, 2.24) is 9.97 Å². The molecule has 0 aliphatic heterocycles. The molecule has 5 heteroatoms. The molecular weight excluding hydrogens is 296 g/mol. The highest BCUT2D eigenvalue weighted by molar-refractivity contribution is 6.32. The third-order valence-corrected chi connectivity index (χ3v) is 3.21. The molecular formula is C17H13ClN4. The number of hydrazone groups is 1. The van der Waals surface area contributed by atoms with Gasteiger partial charge in [-0.3, -0.25) is 5.43 Å². The van der Waals surface area contributed by atoms with Crippen molar-refractivity contribution in [3.8, 4) is 0 Å². The maximum atomic E-state index is 6.08. The molecule has 0 saturated heterocycles. The summed E-state index contributed by atoms with van der Waals surface area (Å²) in [5, 5.41) is 4.37. The molecule has 0 saturated carbocycles. The Morgan fingerprint density at radius 1 is 0.909 bits per heavy atom. The zero-order chi connectivity index (χ0) is 15.2. The second-order valence-corrected chi connectivity index (χ2v) is 4.87. The summed E-state index contributed by atoms with van der Waals surface area (Å²) < 4.78 is 0. The Morgan fingerprint density at radius 2 is 1.59 bits per heavy atom. The second kappa shape index (κ2) is 6.83. The number of rotatable bonds is 4. The second-order valence-electron chi connectivity index (χ2n) is 4.51. The highest BCUT2D eigenvalue weighted by Crippen LogP contribution is 2.20. The fourth-order valence-electron chi connectivity index (χ4n) is 1.91. The van der Waals surface area contributed by atoms with Crippen molar-refractivity contribution in [3.05, 3.63) is 71.4 Å². The first kappa shape index (κ1) is 14.2. The van der Waals surface area contributed by atoms with E-state index in [1.165, 1.54) is 0 Å². The molecule has 4 nitrogen and oxygen atoms in total. The first-order chi connectivity index (χ1) is 10.8. The van der Waals surface area contributed by atoms with Gasteiger partial charge in [0.1, 0.15) is 0 Å². The molecule has 0 bridgehead atoms. The van der Waals surface area contributed by atoms with Gasteiger partial charge in [0, 0.05) is 6.21 Å². The summed E-state index contributed by atoms with van der Waals surface area (Å²) in [7, 11) is 0. The first-order valence-corrected chi connectivity index (χ1v) is 7.14. The topological polar surface area (TPSA) is 50.2 Å². The van der Waals surface area contributed by atoms with Crippen molar-refractivity contribution in [2.45, 2.75) is 0 Å². The van der Waals surface area contributed by atoms with Gasteiger partial charge in [-0.05, 0) is 23.8 Å². The SMILES string of the molecule is Clc1nc2ccccc2nc1N/N=C/C=C/c1ccccc1. The van der Waals surface area contributed by atoms with Crippen LogP contribution < -0.4 is 5.43 Å². The van der Waals surface area contributed by atoms with Gasteiger partial charge in [0.25, 0.3) is 0 Å². The normalized spacial score (nSPS) is 11.5. The molecule has 0 amide bonds. The molecule has 1 N–H and O–H groups in total. The number of halogens is 1. The maximum Gasteiger partial charge on any atom is 0.185 e. The average molecular weight is 309 g/mol. The van der Waals surface area contributed by atoms with Crippen molar-refractivity contribution in [1.29, 1.82) is 0 Å². The van der Waals surface area contributed by atoms with E-state index in [0.717, 1.165) is 16.6 Å². The lowest BCUT2D eigenvalue weighted by atomic mass is 10.2. The van der Waals surface area contributed by atoms with Crippen LogP contribution in [0.2, 0.25) is 5.15 Å². The van der Waals surface area contributed by atoms with Crippen LogP contribution in [0.4, 0.5) is 5.82 Å². The van der Waals surface area contributed by atoms with Crippen LogP contribution in [0.5, 0.6) is 0 Å². The molecule has 0 fully saturated rings. The van der Waals surface area contributed by atoms with E-state index in [-0.39, 0.29) is 0 Å². The van der Waals surface area contributed by atoms with Gasteiger partial charge in [-0.25, -0.2) is 9.97 Å². The van der Waals surface area contributed by atoms with Crippen LogP contribution >= 0.6 is 11.6 Å². The van der Waals surface area contributed by atoms with Crippen molar-refractivity contribution in [3.63, 3.8) is 0 Å². The van der Waals surface area contributed by atoms with Crippen LogP contribution in [0.1, 0.15) is 5.56 Å². The Balaban J connectivity index is 1.70. The number of allylic oxidation sites excluding steroid dienone is 1. The summed E-state index contributed by atoms with van der Waals surface area (Å²) in [6.45, 7) is 0. The van der Waals surface area contributed by atoms with Crippen LogP contribution in [-0.4, -0.2) is 16.2 Å². The van der Waals surface area contributed by atoms with Gasteiger partial charge in [0.2, 0.25) is 0 Å². The lowest BCUT2D eigenvalue weighted by Crippen LogP contribution is -1.96. The fourth-order valence-corrected chi connectivity index (χ4v) is 2.08. The highest BCUT2D eigenvalue weighted by Gasteiger charge is 2.04. The summed E-state index contributed by atoms with van der Waals surface area (Å²) >= 11 is 6.08. The third kappa shape index (κ3) is 3.48. The predicted octanol–water partition coefficient (Wildman–Crippen LogP) is 4.39. The highest BCUT2D eigenvalue weighted by atomic mass is 35.5. The minimum absolute atomic E-state index is 0.294. The van der Waals surface area contributed by atoms with E-state index >= 15 is 0 Å². The third-order valence-electron chi connectivity index (χ3n) is 2.95. The molecule has 0 aliphatic rings. The van der Waals surface area contributed by atoms with Gasteiger partial charge in [0.15, 0.2) is 11.0 Å². The Labute approximate surface area is 133 Å². The minimum atomic E-state index is 0.294. The van der Waals surface area contributed by atoms with Crippen LogP contribution in [0.15, 0.2) is 65.8 Å². The summed E-state index contributed by atoms with van der Waals surface area (Å²) in [5.41, 5.74) is 5.44. The van der Waals surface area contributed by atoms with Crippen molar-refractivity contribution in [2.75, 3.05) is 5.43 Å². The van der Waals surface area contributed by atoms with E-state index in [1.807, 2.05) is 66.7 Å². The summed E-state index contributed by atoms with van der Waals surface area (Å²) in [4.78, 5) is 8.66. The lowest BCUT2D eigenvalue weighted by Gasteiger charge is -2.03. The molecule has 3 rings (SSSR count). The number of aromatic nitrogens is 2. The molecule has 1 heterocycles. The Bertz CT molecular complexity index is 828. The monoisotopic (exact) mass is 308 g/mol. The van der Waals surface area contributed by atoms with Gasteiger partial charge in [-0.15, -0.1) is 0 Å². The molecule has 22 heavy (non-hydrogen) atoms. The molecule has 108 valence electrons. The standard InChI is InChI=1S/C17H13ClN4/c18-16-17(21-15-11-5-4-10-14(15)20-16)22-19-12-6-9-13-7-2-1-3-8-13/h1-12H,(H,21,22)/b9-6+,19-12+. The van der Waals surface area contributed by atoms with Crippen LogP contribution in [0.25, 0.3) is 17.1 Å². The number of nitrogens with one attached hydrogen (secondary N) is 1. The molecule has 0 aliphatic carbocycles. The number of nitrogens with zero attached hydrogens (tertiary/aromatic N) is 3. The number of benzene rings is 2. The van der Waals surface area contributed by atoms with Gasteiger partial charge in [-0.2, -0.15) is 5.10 Å². The Kier molecular flexibility index (Phi) is 4.41. The van der Waals surface area contributed by atoms with Gasteiger partial charge in [-0.1, -0.05) is 60.1 Å². The van der Waals surface area contributed by atoms with E-state index < -0.39 is 0 Å². The zero-order valence-electron chi connectivity index (χ0n) is 11.6. The Morgan fingerprint density at radius 3 is 2.36 bits per heavy atom. The molecule has 3 aromatic rings. The van der Waals surface area contributed by atoms with E-state index in [9.17, 15) is 0 Å².